The second kappa shape index (κ2) is 17.9. The smallest absolute Gasteiger partial charge is 0.305 e. The molecule has 1 heterocycles. The first-order valence-electron chi connectivity index (χ1n) is 19.1. The van der Waals surface area contributed by atoms with Crippen molar-refractivity contribution in [3.63, 3.8) is 0 Å². The quantitative estimate of drug-likeness (QED) is 0.0861. The largest absolute Gasteiger partial charge is 0.469 e. The lowest BCUT2D eigenvalue weighted by molar-refractivity contribution is -0.305. The highest BCUT2D eigenvalue weighted by atomic mass is 28.3. The van der Waals surface area contributed by atoms with Crippen LogP contribution in [0.2, 0.25) is 13.1 Å². The summed E-state index contributed by atoms with van der Waals surface area (Å²) in [6, 6.07) is 31.4. The van der Waals surface area contributed by atoms with E-state index in [1.165, 1.54) is 17.5 Å². The molecule has 0 unspecified atom stereocenters. The Morgan fingerprint density at radius 2 is 1.39 bits per heavy atom. The number of benzene rings is 3. The van der Waals surface area contributed by atoms with Gasteiger partial charge in [-0.3, -0.25) is 9.59 Å². The Morgan fingerprint density at radius 1 is 0.843 bits per heavy atom. The number of rotatable bonds is 17. The van der Waals surface area contributed by atoms with E-state index in [2.05, 4.69) is 80.7 Å². The van der Waals surface area contributed by atoms with Crippen LogP contribution in [0.1, 0.15) is 88.7 Å². The molecule has 1 saturated heterocycles. The van der Waals surface area contributed by atoms with Gasteiger partial charge >= 0.3 is 5.97 Å². The first-order chi connectivity index (χ1) is 24.7. The van der Waals surface area contributed by atoms with E-state index in [1.807, 2.05) is 36.4 Å². The molecule has 3 atom stereocenters. The zero-order valence-corrected chi connectivity index (χ0v) is 32.2. The fraction of sp³-hybridized carbons (Fsp3) is 0.500. The van der Waals surface area contributed by atoms with Gasteiger partial charge in [-0.05, 0) is 36.8 Å². The summed E-state index contributed by atoms with van der Waals surface area (Å²) in [5, 5.41) is 14.8. The molecular formula is C44H58O6Si. The fourth-order valence-electron chi connectivity index (χ4n) is 8.33. The Kier molecular flexibility index (Phi) is 13.6. The van der Waals surface area contributed by atoms with Gasteiger partial charge in [0.05, 0.1) is 44.2 Å². The molecule has 1 aliphatic carbocycles. The minimum absolute atomic E-state index is 0.00783. The number of methoxy groups -OCH3 is 1. The Hall–Kier alpha value is -3.36. The topological polar surface area (TPSA) is 82.1 Å². The highest BCUT2D eigenvalue weighted by Crippen LogP contribution is 2.51. The highest BCUT2D eigenvalue weighted by molar-refractivity contribution is 6.95. The van der Waals surface area contributed by atoms with Gasteiger partial charge in [0.2, 0.25) is 0 Å². The van der Waals surface area contributed by atoms with Crippen LogP contribution in [0.5, 0.6) is 0 Å². The summed E-state index contributed by atoms with van der Waals surface area (Å²) in [6.07, 6.45) is 9.97. The van der Waals surface area contributed by atoms with Crippen molar-refractivity contribution in [3.8, 4) is 0 Å². The molecule has 1 saturated carbocycles. The third-order valence-corrected chi connectivity index (χ3v) is 15.3. The molecule has 3 aromatic rings. The summed E-state index contributed by atoms with van der Waals surface area (Å²) in [7, 11) is -0.700. The average molecular weight is 711 g/mol. The lowest BCUT2D eigenvalue weighted by Crippen LogP contribution is -2.55. The number of Topliss-reactive ketones (excluding diaryl/α,β-unsaturated/α-hetero) is 1. The number of carbonyl (C=O) groups is 2. The van der Waals surface area contributed by atoms with Gasteiger partial charge in [0.1, 0.15) is 13.9 Å². The van der Waals surface area contributed by atoms with Gasteiger partial charge in [-0.25, -0.2) is 0 Å². The van der Waals surface area contributed by atoms with Gasteiger partial charge in [-0.2, -0.15) is 0 Å². The van der Waals surface area contributed by atoms with Crippen molar-refractivity contribution in [2.24, 2.45) is 11.8 Å². The normalized spacial score (nSPS) is 20.7. The van der Waals surface area contributed by atoms with Crippen molar-refractivity contribution >= 4 is 25.0 Å². The van der Waals surface area contributed by atoms with Crippen molar-refractivity contribution in [1.29, 1.82) is 0 Å². The standard InChI is InChI=1S/C44H58O6Si/c1-5-6-12-27-37(51(3,4)36-25-17-11-18-26-36)30-39(45)42-38(28-19-7-8-20-29-41(47)48-2)44(31-40(42)46)49-32-43(33-50-44,34-21-13-9-14-22-34)35-23-15-10-16-24-35/h9-11,13-18,21-26,30,38-39,42,45H,5-8,12,19-20,27-29,31-33H2,1-4H3/b37-30-/t38-,39-,42-/m0/s1. The number of hydrogen-bond acceptors (Lipinski definition) is 6. The van der Waals surface area contributed by atoms with Gasteiger partial charge in [0, 0.05) is 12.3 Å². The molecule has 51 heavy (non-hydrogen) atoms. The van der Waals surface area contributed by atoms with Crippen LogP contribution in [-0.2, 0) is 29.2 Å². The maximum absolute atomic E-state index is 14.2. The molecule has 2 fully saturated rings. The number of aliphatic hydroxyl groups excluding tert-OH is 1. The Morgan fingerprint density at radius 3 is 1.96 bits per heavy atom. The number of unbranched alkanes of at least 4 members (excludes halogenated alkanes) is 5. The number of ketones is 1. The Balaban J connectivity index is 1.45. The molecule has 1 aliphatic heterocycles. The van der Waals surface area contributed by atoms with Gasteiger partial charge in [0.15, 0.2) is 5.79 Å². The molecule has 1 N–H and O–H groups in total. The number of allylic oxidation sites excluding steroid dienone is 1. The van der Waals surface area contributed by atoms with E-state index < -0.39 is 31.3 Å². The lowest BCUT2D eigenvalue weighted by atomic mass is 9.74. The van der Waals surface area contributed by atoms with Crippen LogP contribution in [0.4, 0.5) is 0 Å². The second-order valence-electron chi connectivity index (χ2n) is 15.1. The summed E-state index contributed by atoms with van der Waals surface area (Å²) in [5.41, 5.74) is 1.70. The predicted molar refractivity (Wildman–Crippen MR) is 206 cm³/mol. The number of carbonyl (C=O) groups excluding carboxylic acids is 2. The lowest BCUT2D eigenvalue weighted by Gasteiger charge is -2.48. The molecule has 0 radical (unpaired) electrons. The number of ether oxygens (including phenoxy) is 3. The van der Waals surface area contributed by atoms with Gasteiger partial charge in [0.25, 0.3) is 0 Å². The first kappa shape index (κ1) is 38.9. The van der Waals surface area contributed by atoms with Crippen LogP contribution in [0.15, 0.2) is 102 Å². The molecule has 0 amide bonds. The number of hydrogen-bond donors (Lipinski definition) is 1. The van der Waals surface area contributed by atoms with E-state index in [1.54, 1.807) is 0 Å². The van der Waals surface area contributed by atoms with Crippen molar-refractivity contribution in [2.75, 3.05) is 20.3 Å². The summed E-state index contributed by atoms with van der Waals surface area (Å²) in [4.78, 5) is 25.9. The van der Waals surface area contributed by atoms with Crippen molar-refractivity contribution in [1.82, 2.24) is 0 Å². The van der Waals surface area contributed by atoms with Gasteiger partial charge in [-0.1, -0.05) is 160 Å². The molecule has 0 bridgehead atoms. The zero-order valence-electron chi connectivity index (χ0n) is 31.2. The molecule has 3 aromatic carbocycles. The minimum Gasteiger partial charge on any atom is -0.469 e. The maximum atomic E-state index is 14.2. The molecule has 274 valence electrons. The van der Waals surface area contributed by atoms with Crippen molar-refractivity contribution < 1.29 is 28.9 Å². The molecule has 5 rings (SSSR count). The highest BCUT2D eigenvalue weighted by Gasteiger charge is 2.60. The van der Waals surface area contributed by atoms with Crippen LogP contribution in [0.3, 0.4) is 0 Å². The van der Waals surface area contributed by atoms with Crippen LogP contribution in [-0.4, -0.2) is 57.1 Å². The van der Waals surface area contributed by atoms with E-state index in [-0.39, 0.29) is 24.1 Å². The second-order valence-corrected chi connectivity index (χ2v) is 19.6. The fourth-order valence-corrected chi connectivity index (χ4v) is 11.1. The molecular weight excluding hydrogens is 653 g/mol. The first-order valence-corrected chi connectivity index (χ1v) is 22.1. The molecule has 0 aromatic heterocycles. The summed E-state index contributed by atoms with van der Waals surface area (Å²) in [5.74, 6) is -2.22. The van der Waals surface area contributed by atoms with Crippen LogP contribution >= 0.6 is 0 Å². The van der Waals surface area contributed by atoms with E-state index >= 15 is 0 Å². The van der Waals surface area contributed by atoms with E-state index in [4.69, 9.17) is 14.2 Å². The van der Waals surface area contributed by atoms with Crippen LogP contribution in [0, 0.1) is 11.8 Å². The van der Waals surface area contributed by atoms with E-state index in [9.17, 15) is 14.7 Å². The van der Waals surface area contributed by atoms with E-state index in [0.29, 0.717) is 26.1 Å². The number of esters is 1. The molecule has 2 aliphatic rings. The third kappa shape index (κ3) is 9.00. The van der Waals surface area contributed by atoms with Crippen LogP contribution < -0.4 is 5.19 Å². The molecule has 7 heteroatoms. The molecule has 1 spiro atoms. The van der Waals surface area contributed by atoms with Gasteiger partial charge in [-0.15, -0.1) is 0 Å². The van der Waals surface area contributed by atoms with E-state index in [0.717, 1.165) is 62.5 Å². The predicted octanol–water partition coefficient (Wildman–Crippen LogP) is 8.46. The summed E-state index contributed by atoms with van der Waals surface area (Å²) >= 11 is 0. The van der Waals surface area contributed by atoms with Crippen LogP contribution in [0.25, 0.3) is 0 Å². The summed E-state index contributed by atoms with van der Waals surface area (Å²) in [6.45, 7) is 7.67. The molecule has 6 nitrogen and oxygen atoms in total. The Bertz CT molecular complexity index is 1520. The third-order valence-electron chi connectivity index (χ3n) is 11.5. The van der Waals surface area contributed by atoms with Gasteiger partial charge < -0.3 is 19.3 Å². The average Bonchev–Trinajstić information content (AvgIpc) is 3.43. The van der Waals surface area contributed by atoms with Crippen molar-refractivity contribution in [2.45, 2.75) is 108 Å². The summed E-state index contributed by atoms with van der Waals surface area (Å²) < 4.78 is 18.7. The number of aliphatic hydroxyl groups is 1. The van der Waals surface area contributed by atoms with Crippen molar-refractivity contribution in [3.05, 3.63) is 113 Å². The Labute approximate surface area is 306 Å². The monoisotopic (exact) mass is 710 g/mol. The zero-order chi connectivity index (χ0) is 36.3. The minimum atomic E-state index is -2.12. The SMILES string of the molecule is CCCCC/C(=C/[C@H](O)[C@H]1C(=O)CC2(OCC(c3ccccc3)(c3ccccc3)CO2)[C@H]1CCCCCCC(=O)OC)[Si](C)(C)c1ccccc1. The maximum Gasteiger partial charge on any atom is 0.305 e.